The third-order valence-electron chi connectivity index (χ3n) is 3.78. The van der Waals surface area contributed by atoms with Gasteiger partial charge in [0.25, 0.3) is 5.76 Å². The van der Waals surface area contributed by atoms with E-state index in [2.05, 4.69) is 10.3 Å². The van der Waals surface area contributed by atoms with Crippen LogP contribution in [0.5, 0.6) is 0 Å². The molecule has 1 N–H and O–H groups in total. The van der Waals surface area contributed by atoms with Crippen molar-refractivity contribution in [2.45, 2.75) is 31.3 Å². The van der Waals surface area contributed by atoms with E-state index in [0.29, 0.717) is 22.8 Å². The molecule has 0 aliphatic rings. The molecule has 0 bridgehead atoms. The molecule has 0 saturated carbocycles. The van der Waals surface area contributed by atoms with Gasteiger partial charge in [-0.2, -0.15) is 8.78 Å². The zero-order valence-corrected chi connectivity index (χ0v) is 14.6. The number of hydrogen-bond donors (Lipinski definition) is 1. The molecule has 0 spiro atoms. The smallest absolute Gasteiger partial charge is 0.291 e. The molecule has 130 valence electrons. The molecule has 0 unspecified atom stereocenters. The lowest BCUT2D eigenvalue weighted by Crippen LogP contribution is -2.20. The van der Waals surface area contributed by atoms with Crippen molar-refractivity contribution >= 4 is 34.4 Å². The quantitative estimate of drug-likeness (QED) is 0.675. The van der Waals surface area contributed by atoms with Gasteiger partial charge in [-0.15, -0.1) is 0 Å². The van der Waals surface area contributed by atoms with Crippen LogP contribution in [0.1, 0.15) is 11.1 Å². The number of carbonyl (C=O) groups excluding carboxylic acids is 1. The molecule has 4 nitrogen and oxygen atoms in total. The fourth-order valence-corrected chi connectivity index (χ4v) is 3.18. The Morgan fingerprint density at radius 1 is 1.24 bits per heavy atom. The van der Waals surface area contributed by atoms with Gasteiger partial charge < -0.3 is 9.88 Å². The SMILES string of the molecule is Cc1ccc(C)c(NC(=O)Cn2c(SC(F)F)nc3ccccc32)c1. The standard InChI is InChI=1S/C18H17F2N3OS/c1-11-7-8-12(2)14(9-11)21-16(24)10-23-15-6-4-3-5-13(15)22-18(23)25-17(19)20/h3-9,17H,10H2,1-2H3,(H,21,24). The monoisotopic (exact) mass is 361 g/mol. The molecular formula is C18H17F2N3OS. The largest absolute Gasteiger partial charge is 0.324 e. The van der Waals surface area contributed by atoms with Crippen molar-refractivity contribution in [2.75, 3.05) is 5.32 Å². The van der Waals surface area contributed by atoms with E-state index in [1.54, 1.807) is 24.3 Å². The van der Waals surface area contributed by atoms with Gasteiger partial charge in [0, 0.05) is 5.69 Å². The zero-order chi connectivity index (χ0) is 18.0. The second-order valence-electron chi connectivity index (χ2n) is 5.71. The highest BCUT2D eigenvalue weighted by molar-refractivity contribution is 7.99. The van der Waals surface area contributed by atoms with Crippen LogP contribution in [0.15, 0.2) is 47.6 Å². The van der Waals surface area contributed by atoms with Gasteiger partial charge in [0.05, 0.1) is 11.0 Å². The molecule has 7 heteroatoms. The summed E-state index contributed by atoms with van der Waals surface area (Å²) in [5, 5.41) is 2.98. The van der Waals surface area contributed by atoms with Crippen molar-refractivity contribution in [1.29, 1.82) is 0 Å². The lowest BCUT2D eigenvalue weighted by molar-refractivity contribution is -0.116. The zero-order valence-electron chi connectivity index (χ0n) is 13.8. The minimum atomic E-state index is -2.60. The summed E-state index contributed by atoms with van der Waals surface area (Å²) in [6.07, 6.45) is 0. The number of rotatable bonds is 5. The van der Waals surface area contributed by atoms with Crippen molar-refractivity contribution < 1.29 is 13.6 Å². The maximum Gasteiger partial charge on any atom is 0.291 e. The molecule has 0 aliphatic carbocycles. The van der Waals surface area contributed by atoms with Crippen LogP contribution in [0.25, 0.3) is 11.0 Å². The number of alkyl halides is 2. The minimum Gasteiger partial charge on any atom is -0.324 e. The van der Waals surface area contributed by atoms with Crippen molar-refractivity contribution in [1.82, 2.24) is 9.55 Å². The second-order valence-corrected chi connectivity index (χ2v) is 6.67. The number of nitrogens with zero attached hydrogens (tertiary/aromatic N) is 2. The van der Waals surface area contributed by atoms with Crippen LogP contribution in [-0.4, -0.2) is 21.2 Å². The molecule has 0 saturated heterocycles. The van der Waals surface area contributed by atoms with Gasteiger partial charge in [0.15, 0.2) is 5.16 Å². The Balaban J connectivity index is 1.88. The fraction of sp³-hybridized carbons (Fsp3) is 0.222. The number of halogens is 2. The summed E-state index contributed by atoms with van der Waals surface area (Å²) in [7, 11) is 0. The average Bonchev–Trinajstić information content (AvgIpc) is 2.88. The number of para-hydroxylation sites is 2. The van der Waals surface area contributed by atoms with Gasteiger partial charge in [0.1, 0.15) is 6.54 Å². The topological polar surface area (TPSA) is 46.9 Å². The van der Waals surface area contributed by atoms with E-state index >= 15 is 0 Å². The maximum absolute atomic E-state index is 12.8. The summed E-state index contributed by atoms with van der Waals surface area (Å²) >= 11 is 0.343. The van der Waals surface area contributed by atoms with Crippen molar-refractivity contribution in [3.8, 4) is 0 Å². The van der Waals surface area contributed by atoms with Crippen LogP contribution >= 0.6 is 11.8 Å². The molecule has 0 radical (unpaired) electrons. The molecule has 3 aromatic rings. The van der Waals surface area contributed by atoms with Crippen molar-refractivity contribution in [2.24, 2.45) is 0 Å². The van der Waals surface area contributed by atoms with E-state index in [4.69, 9.17) is 0 Å². The fourth-order valence-electron chi connectivity index (χ4n) is 2.58. The van der Waals surface area contributed by atoms with E-state index in [1.165, 1.54) is 4.57 Å². The molecule has 1 heterocycles. The highest BCUT2D eigenvalue weighted by Crippen LogP contribution is 2.28. The van der Waals surface area contributed by atoms with Crippen LogP contribution in [0, 0.1) is 13.8 Å². The van der Waals surface area contributed by atoms with Crippen LogP contribution in [0.2, 0.25) is 0 Å². The lowest BCUT2D eigenvalue weighted by Gasteiger charge is -2.12. The van der Waals surface area contributed by atoms with Gasteiger partial charge in [-0.05, 0) is 54.9 Å². The van der Waals surface area contributed by atoms with Crippen LogP contribution in [0.4, 0.5) is 14.5 Å². The van der Waals surface area contributed by atoms with Gasteiger partial charge in [-0.1, -0.05) is 24.3 Å². The molecule has 2 aromatic carbocycles. The van der Waals surface area contributed by atoms with Gasteiger partial charge in [-0.3, -0.25) is 4.79 Å². The summed E-state index contributed by atoms with van der Waals surface area (Å²) < 4.78 is 27.2. The summed E-state index contributed by atoms with van der Waals surface area (Å²) in [5.41, 5.74) is 3.93. The number of carbonyl (C=O) groups is 1. The van der Waals surface area contributed by atoms with Gasteiger partial charge in [-0.25, -0.2) is 4.98 Å². The van der Waals surface area contributed by atoms with E-state index < -0.39 is 5.76 Å². The molecule has 0 atom stereocenters. The first-order valence-electron chi connectivity index (χ1n) is 7.71. The number of benzene rings is 2. The Bertz CT molecular complexity index is 924. The number of hydrogen-bond acceptors (Lipinski definition) is 3. The summed E-state index contributed by atoms with van der Waals surface area (Å²) in [5.74, 6) is -2.88. The third-order valence-corrected chi connectivity index (χ3v) is 4.48. The predicted octanol–water partition coefficient (Wildman–Crippen LogP) is 4.61. The number of imidazole rings is 1. The number of amides is 1. The summed E-state index contributed by atoms with van der Waals surface area (Å²) in [4.78, 5) is 16.7. The van der Waals surface area contributed by atoms with Crippen LogP contribution < -0.4 is 5.32 Å². The molecule has 0 fully saturated rings. The van der Waals surface area contributed by atoms with Crippen LogP contribution in [-0.2, 0) is 11.3 Å². The minimum absolute atomic E-state index is 0.0804. The van der Waals surface area contributed by atoms with Crippen molar-refractivity contribution in [3.63, 3.8) is 0 Å². The number of aryl methyl sites for hydroxylation is 2. The Morgan fingerprint density at radius 2 is 2.00 bits per heavy atom. The molecule has 3 rings (SSSR count). The normalized spacial score (nSPS) is 11.2. The summed E-state index contributed by atoms with van der Waals surface area (Å²) in [6, 6.07) is 12.9. The third kappa shape index (κ3) is 3.99. The van der Waals surface area contributed by atoms with Gasteiger partial charge in [0.2, 0.25) is 5.91 Å². The van der Waals surface area contributed by atoms with E-state index in [1.807, 2.05) is 32.0 Å². The van der Waals surface area contributed by atoms with E-state index in [9.17, 15) is 13.6 Å². The number of aromatic nitrogens is 2. The Hall–Kier alpha value is -2.41. The number of thioether (sulfide) groups is 1. The number of anilines is 1. The lowest BCUT2D eigenvalue weighted by atomic mass is 10.1. The van der Waals surface area contributed by atoms with Gasteiger partial charge >= 0.3 is 0 Å². The van der Waals surface area contributed by atoms with Crippen molar-refractivity contribution in [3.05, 3.63) is 53.6 Å². The first-order valence-corrected chi connectivity index (χ1v) is 8.59. The molecular weight excluding hydrogens is 344 g/mol. The van der Waals surface area contributed by atoms with Crippen LogP contribution in [0.3, 0.4) is 0 Å². The first-order chi connectivity index (χ1) is 11.9. The Morgan fingerprint density at radius 3 is 2.76 bits per heavy atom. The molecule has 25 heavy (non-hydrogen) atoms. The highest BCUT2D eigenvalue weighted by atomic mass is 32.2. The second kappa shape index (κ2) is 7.23. The average molecular weight is 361 g/mol. The molecule has 1 amide bonds. The maximum atomic E-state index is 12.8. The van der Waals surface area contributed by atoms with E-state index in [0.717, 1.165) is 16.8 Å². The molecule has 0 aliphatic heterocycles. The molecule has 1 aromatic heterocycles. The summed E-state index contributed by atoms with van der Waals surface area (Å²) in [6.45, 7) is 3.76. The number of nitrogens with one attached hydrogen (secondary N) is 1. The predicted molar refractivity (Wildman–Crippen MR) is 96.1 cm³/mol. The first kappa shape index (κ1) is 17.4. The Kier molecular flexibility index (Phi) is 5.03. The number of fused-ring (bicyclic) bond motifs is 1. The Labute approximate surface area is 148 Å². The van der Waals surface area contributed by atoms with E-state index in [-0.39, 0.29) is 17.6 Å². The highest BCUT2D eigenvalue weighted by Gasteiger charge is 2.18.